The number of rotatable bonds is 7. The van der Waals surface area contributed by atoms with E-state index in [0.717, 1.165) is 39.1 Å². The molecule has 1 amide bonds. The van der Waals surface area contributed by atoms with E-state index in [1.165, 1.54) is 0 Å². The number of carbonyl (C=O) groups excluding carboxylic acids is 1. The van der Waals surface area contributed by atoms with Gasteiger partial charge in [-0.1, -0.05) is 6.92 Å². The van der Waals surface area contributed by atoms with Gasteiger partial charge in [0.1, 0.15) is 0 Å². The summed E-state index contributed by atoms with van der Waals surface area (Å²) < 4.78 is 0. The number of hydrogen-bond donors (Lipinski definition) is 1. The molecule has 100 valence electrons. The number of carbonyl (C=O) groups is 1. The third-order valence-electron chi connectivity index (χ3n) is 3.64. The summed E-state index contributed by atoms with van der Waals surface area (Å²) in [6.07, 6.45) is 1.10. The van der Waals surface area contributed by atoms with Gasteiger partial charge in [0.15, 0.2) is 0 Å². The van der Waals surface area contributed by atoms with Gasteiger partial charge in [-0.05, 0) is 33.7 Å². The zero-order chi connectivity index (χ0) is 12.8. The summed E-state index contributed by atoms with van der Waals surface area (Å²) in [7, 11) is 0. The van der Waals surface area contributed by atoms with E-state index in [9.17, 15) is 4.79 Å². The zero-order valence-corrected chi connectivity index (χ0v) is 11.7. The Morgan fingerprint density at radius 3 is 2.24 bits per heavy atom. The van der Waals surface area contributed by atoms with Gasteiger partial charge in [0.25, 0.3) is 0 Å². The summed E-state index contributed by atoms with van der Waals surface area (Å²) in [4.78, 5) is 16.6. The second kappa shape index (κ2) is 6.97. The number of hydrogen-bond acceptors (Lipinski definition) is 3. The Balaban J connectivity index is 2.62. The molecular formula is C13H27N3O. The van der Waals surface area contributed by atoms with Crippen LogP contribution >= 0.6 is 0 Å². The maximum Gasteiger partial charge on any atom is 0.239 e. The minimum atomic E-state index is 0.0157. The molecule has 1 rings (SSSR count). The van der Waals surface area contributed by atoms with Crippen LogP contribution in [0.2, 0.25) is 0 Å². The summed E-state index contributed by atoms with van der Waals surface area (Å²) in [5, 5.41) is 3.28. The standard InChI is InChI=1S/C13H27N3O/c1-5-8-16(12-9-14-10-12)11(4)13(17)15(6-2)7-3/h11-12,14H,5-10H2,1-4H3. The van der Waals surface area contributed by atoms with Gasteiger partial charge in [0.2, 0.25) is 5.91 Å². The highest BCUT2D eigenvalue weighted by Crippen LogP contribution is 2.13. The average Bonchev–Trinajstić information content (AvgIpc) is 2.26. The van der Waals surface area contributed by atoms with Crippen LogP contribution in [0, 0.1) is 0 Å². The molecular weight excluding hydrogens is 214 g/mol. The fraction of sp³-hybridized carbons (Fsp3) is 0.923. The molecule has 0 bridgehead atoms. The summed E-state index contributed by atoms with van der Waals surface area (Å²) in [5.41, 5.74) is 0. The second-order valence-electron chi connectivity index (χ2n) is 4.74. The Morgan fingerprint density at radius 1 is 1.29 bits per heavy atom. The van der Waals surface area contributed by atoms with Crippen molar-refractivity contribution in [2.45, 2.75) is 46.2 Å². The van der Waals surface area contributed by atoms with Crippen LogP contribution in [-0.2, 0) is 4.79 Å². The van der Waals surface area contributed by atoms with Crippen molar-refractivity contribution in [1.29, 1.82) is 0 Å². The maximum absolute atomic E-state index is 12.3. The topological polar surface area (TPSA) is 35.6 Å². The number of nitrogens with one attached hydrogen (secondary N) is 1. The van der Waals surface area contributed by atoms with E-state index in [4.69, 9.17) is 0 Å². The maximum atomic E-state index is 12.3. The van der Waals surface area contributed by atoms with Crippen LogP contribution < -0.4 is 5.32 Å². The van der Waals surface area contributed by atoms with Crippen LogP contribution in [-0.4, -0.2) is 60.5 Å². The first-order valence-electron chi connectivity index (χ1n) is 6.90. The molecule has 1 atom stereocenters. The molecule has 4 nitrogen and oxygen atoms in total. The van der Waals surface area contributed by atoms with E-state index in [2.05, 4.69) is 24.1 Å². The molecule has 0 aromatic heterocycles. The average molecular weight is 241 g/mol. The quantitative estimate of drug-likeness (QED) is 0.720. The Kier molecular flexibility index (Phi) is 5.92. The molecule has 1 unspecified atom stereocenters. The SMILES string of the molecule is CCCN(C1CNC1)C(C)C(=O)N(CC)CC. The molecule has 0 aromatic rings. The minimum Gasteiger partial charge on any atom is -0.342 e. The van der Waals surface area contributed by atoms with Crippen molar-refractivity contribution in [1.82, 2.24) is 15.1 Å². The molecule has 0 aliphatic carbocycles. The third kappa shape index (κ3) is 3.42. The van der Waals surface area contributed by atoms with Gasteiger partial charge in [-0.2, -0.15) is 0 Å². The summed E-state index contributed by atoms with van der Waals surface area (Å²) >= 11 is 0. The Bertz CT molecular complexity index is 237. The van der Waals surface area contributed by atoms with Crippen molar-refractivity contribution in [3.05, 3.63) is 0 Å². The number of amides is 1. The van der Waals surface area contributed by atoms with Crippen LogP contribution in [0.5, 0.6) is 0 Å². The van der Waals surface area contributed by atoms with Crippen molar-refractivity contribution in [2.24, 2.45) is 0 Å². The number of nitrogens with zero attached hydrogens (tertiary/aromatic N) is 2. The lowest BCUT2D eigenvalue weighted by atomic mass is 10.1. The zero-order valence-electron chi connectivity index (χ0n) is 11.7. The van der Waals surface area contributed by atoms with E-state index < -0.39 is 0 Å². The molecule has 1 saturated heterocycles. The van der Waals surface area contributed by atoms with Crippen LogP contribution in [0.25, 0.3) is 0 Å². The molecule has 17 heavy (non-hydrogen) atoms. The molecule has 1 aliphatic heterocycles. The molecule has 4 heteroatoms. The van der Waals surface area contributed by atoms with Crippen molar-refractivity contribution >= 4 is 5.91 Å². The first kappa shape index (κ1) is 14.5. The van der Waals surface area contributed by atoms with Gasteiger partial charge >= 0.3 is 0 Å². The lowest BCUT2D eigenvalue weighted by Gasteiger charge is -2.42. The lowest BCUT2D eigenvalue weighted by molar-refractivity contribution is -0.137. The first-order valence-corrected chi connectivity index (χ1v) is 6.90. The molecule has 0 radical (unpaired) electrons. The summed E-state index contributed by atoms with van der Waals surface area (Å²) in [5.74, 6) is 0.273. The smallest absolute Gasteiger partial charge is 0.239 e. The minimum absolute atomic E-state index is 0.0157. The van der Waals surface area contributed by atoms with Crippen LogP contribution in [0.15, 0.2) is 0 Å². The van der Waals surface area contributed by atoms with E-state index in [-0.39, 0.29) is 11.9 Å². The normalized spacial score (nSPS) is 17.9. The first-order chi connectivity index (χ1) is 8.15. The van der Waals surface area contributed by atoms with E-state index in [1.807, 2.05) is 18.7 Å². The lowest BCUT2D eigenvalue weighted by Crippen LogP contribution is -2.62. The fourth-order valence-electron chi connectivity index (χ4n) is 2.40. The number of likely N-dealkylation sites (N-methyl/N-ethyl adjacent to an activating group) is 1. The van der Waals surface area contributed by atoms with Crippen LogP contribution in [0.3, 0.4) is 0 Å². The van der Waals surface area contributed by atoms with E-state index >= 15 is 0 Å². The van der Waals surface area contributed by atoms with Crippen LogP contribution in [0.1, 0.15) is 34.1 Å². The third-order valence-corrected chi connectivity index (χ3v) is 3.64. The Hall–Kier alpha value is -0.610. The molecule has 1 aliphatic rings. The van der Waals surface area contributed by atoms with Gasteiger partial charge in [-0.25, -0.2) is 0 Å². The van der Waals surface area contributed by atoms with Crippen molar-refractivity contribution < 1.29 is 4.79 Å². The summed E-state index contributed by atoms with van der Waals surface area (Å²) in [6.45, 7) is 13.0. The molecule has 1 N–H and O–H groups in total. The van der Waals surface area contributed by atoms with Crippen molar-refractivity contribution in [3.63, 3.8) is 0 Å². The predicted octanol–water partition coefficient (Wildman–Crippen LogP) is 0.927. The monoisotopic (exact) mass is 241 g/mol. The van der Waals surface area contributed by atoms with Crippen molar-refractivity contribution in [2.75, 3.05) is 32.7 Å². The highest BCUT2D eigenvalue weighted by molar-refractivity contribution is 5.81. The molecule has 0 aromatic carbocycles. The Morgan fingerprint density at radius 2 is 1.88 bits per heavy atom. The predicted molar refractivity (Wildman–Crippen MR) is 71.0 cm³/mol. The highest BCUT2D eigenvalue weighted by atomic mass is 16.2. The van der Waals surface area contributed by atoms with Gasteiger partial charge in [0, 0.05) is 32.2 Å². The van der Waals surface area contributed by atoms with Gasteiger partial charge in [-0.3, -0.25) is 9.69 Å². The molecule has 1 fully saturated rings. The molecule has 0 spiro atoms. The molecule has 0 saturated carbocycles. The van der Waals surface area contributed by atoms with Crippen molar-refractivity contribution in [3.8, 4) is 0 Å². The fourth-order valence-corrected chi connectivity index (χ4v) is 2.40. The van der Waals surface area contributed by atoms with E-state index in [0.29, 0.717) is 6.04 Å². The second-order valence-corrected chi connectivity index (χ2v) is 4.74. The van der Waals surface area contributed by atoms with Crippen LogP contribution in [0.4, 0.5) is 0 Å². The largest absolute Gasteiger partial charge is 0.342 e. The highest BCUT2D eigenvalue weighted by Gasteiger charge is 2.32. The van der Waals surface area contributed by atoms with Gasteiger partial charge in [-0.15, -0.1) is 0 Å². The van der Waals surface area contributed by atoms with E-state index in [1.54, 1.807) is 0 Å². The molecule has 1 heterocycles. The Labute approximate surface area is 105 Å². The van der Waals surface area contributed by atoms with Gasteiger partial charge < -0.3 is 10.2 Å². The van der Waals surface area contributed by atoms with Gasteiger partial charge in [0.05, 0.1) is 6.04 Å². The summed E-state index contributed by atoms with van der Waals surface area (Å²) in [6, 6.07) is 0.561.